The van der Waals surface area contributed by atoms with E-state index in [4.69, 9.17) is 4.74 Å². The van der Waals surface area contributed by atoms with Crippen LogP contribution in [0, 0.1) is 0 Å². The van der Waals surface area contributed by atoms with Crippen LogP contribution in [-0.4, -0.2) is 34.7 Å². The monoisotopic (exact) mass is 326 g/mol. The van der Waals surface area contributed by atoms with Crippen LogP contribution < -0.4 is 10.6 Å². The van der Waals surface area contributed by atoms with Gasteiger partial charge in [0.15, 0.2) is 0 Å². The van der Waals surface area contributed by atoms with Crippen LogP contribution in [0.25, 0.3) is 0 Å². The molecule has 22 heavy (non-hydrogen) atoms. The van der Waals surface area contributed by atoms with Gasteiger partial charge in [-0.3, -0.25) is 4.21 Å². The number of ether oxygens (including phenoxy) is 1. The molecule has 1 rings (SSSR count). The largest absolute Gasteiger partial charge is 0.383 e. The summed E-state index contributed by atoms with van der Waals surface area (Å²) in [7, 11) is 0.626. The summed E-state index contributed by atoms with van der Waals surface area (Å²) < 4.78 is 16.9. The number of hydrogen-bond donors (Lipinski definition) is 2. The maximum atomic E-state index is 12.2. The first-order chi connectivity index (χ1) is 10.2. The van der Waals surface area contributed by atoms with Crippen LogP contribution in [0.15, 0.2) is 24.3 Å². The Morgan fingerprint density at radius 2 is 2.05 bits per heavy atom. The molecule has 0 unspecified atom stereocenters. The molecule has 0 heterocycles. The molecule has 6 heteroatoms. The van der Waals surface area contributed by atoms with Gasteiger partial charge in [0.2, 0.25) is 0 Å². The van der Waals surface area contributed by atoms with Crippen molar-refractivity contribution in [3.05, 3.63) is 29.8 Å². The van der Waals surface area contributed by atoms with Crippen molar-refractivity contribution in [3.63, 3.8) is 0 Å². The second kappa shape index (κ2) is 8.29. The topological polar surface area (TPSA) is 67.4 Å². The minimum atomic E-state index is -0.966. The van der Waals surface area contributed by atoms with Crippen molar-refractivity contribution in [1.82, 2.24) is 5.32 Å². The van der Waals surface area contributed by atoms with Gasteiger partial charge in [-0.2, -0.15) is 0 Å². The highest BCUT2D eigenvalue weighted by molar-refractivity contribution is 7.85. The fourth-order valence-corrected chi connectivity index (χ4v) is 2.70. The average molecular weight is 326 g/mol. The highest BCUT2D eigenvalue weighted by Crippen LogP contribution is 2.18. The third kappa shape index (κ3) is 6.58. The number of carbonyl (C=O) groups excluding carboxylic acids is 1. The minimum absolute atomic E-state index is 0.0680. The fraction of sp³-hybridized carbons (Fsp3) is 0.562. The SMILES string of the molecule is COC[C@@H](C)NC(=O)Nc1cccc(C[S@@](=O)C(C)(C)C)c1. The number of rotatable bonds is 6. The first-order valence-electron chi connectivity index (χ1n) is 7.26. The fourth-order valence-electron chi connectivity index (χ4n) is 1.79. The molecular formula is C16H26N2O3S. The van der Waals surface area contributed by atoms with Crippen LogP contribution in [0.4, 0.5) is 10.5 Å². The van der Waals surface area contributed by atoms with Gasteiger partial charge in [0.25, 0.3) is 0 Å². The van der Waals surface area contributed by atoms with Gasteiger partial charge in [0, 0.05) is 34.1 Å². The number of anilines is 1. The van der Waals surface area contributed by atoms with Gasteiger partial charge in [0.05, 0.1) is 12.6 Å². The van der Waals surface area contributed by atoms with Gasteiger partial charge in [-0.25, -0.2) is 4.79 Å². The Morgan fingerprint density at radius 1 is 1.36 bits per heavy atom. The van der Waals surface area contributed by atoms with E-state index < -0.39 is 10.8 Å². The lowest BCUT2D eigenvalue weighted by molar-refractivity contribution is 0.173. The zero-order valence-electron chi connectivity index (χ0n) is 13.9. The molecule has 0 bridgehead atoms. The molecule has 0 aliphatic carbocycles. The third-order valence-corrected chi connectivity index (χ3v) is 4.92. The summed E-state index contributed by atoms with van der Waals surface area (Å²) in [6.07, 6.45) is 0. The molecule has 0 fully saturated rings. The molecule has 124 valence electrons. The van der Waals surface area contributed by atoms with Gasteiger partial charge < -0.3 is 15.4 Å². The Labute approximate surface area is 135 Å². The normalized spacial score (nSPS) is 14.2. The Balaban J connectivity index is 2.64. The number of urea groups is 1. The number of nitrogens with one attached hydrogen (secondary N) is 2. The third-order valence-electron chi connectivity index (χ3n) is 2.96. The van der Waals surface area contributed by atoms with E-state index in [2.05, 4.69) is 10.6 Å². The highest BCUT2D eigenvalue weighted by atomic mass is 32.2. The van der Waals surface area contributed by atoms with E-state index >= 15 is 0 Å². The number of methoxy groups -OCH3 is 1. The van der Waals surface area contributed by atoms with E-state index in [1.807, 2.05) is 52.0 Å². The summed E-state index contributed by atoms with van der Waals surface area (Å²) in [6.45, 7) is 8.19. The zero-order chi connectivity index (χ0) is 16.8. The first kappa shape index (κ1) is 18.6. The standard InChI is InChI=1S/C16H26N2O3S/c1-12(10-21-5)17-15(19)18-14-8-6-7-13(9-14)11-22(20)16(2,3)4/h6-9,12H,10-11H2,1-5H3,(H2,17,18,19)/t12-,22-/m1/s1. The second-order valence-corrected chi connectivity index (χ2v) is 8.46. The summed E-state index contributed by atoms with van der Waals surface area (Å²) >= 11 is 0. The summed E-state index contributed by atoms with van der Waals surface area (Å²) in [5.74, 6) is 0.473. The molecule has 1 aromatic carbocycles. The van der Waals surface area contributed by atoms with Gasteiger partial charge in [-0.05, 0) is 45.4 Å². The Hall–Kier alpha value is -1.40. The Bertz CT molecular complexity index is 526. The molecule has 2 amide bonds. The lowest BCUT2D eigenvalue weighted by Crippen LogP contribution is -2.38. The van der Waals surface area contributed by atoms with E-state index in [0.717, 1.165) is 5.56 Å². The molecule has 0 aliphatic rings. The lowest BCUT2D eigenvalue weighted by Gasteiger charge is -2.18. The molecule has 0 saturated carbocycles. The van der Waals surface area contributed by atoms with Crippen LogP contribution in [0.2, 0.25) is 0 Å². The van der Waals surface area contributed by atoms with Crippen LogP contribution in [-0.2, 0) is 21.3 Å². The highest BCUT2D eigenvalue weighted by Gasteiger charge is 2.19. The molecular weight excluding hydrogens is 300 g/mol. The van der Waals surface area contributed by atoms with E-state index in [1.165, 1.54) is 0 Å². The molecule has 0 aliphatic heterocycles. The van der Waals surface area contributed by atoms with E-state index in [0.29, 0.717) is 18.0 Å². The molecule has 0 spiro atoms. The number of carbonyl (C=O) groups is 1. The van der Waals surface area contributed by atoms with Gasteiger partial charge in [0.1, 0.15) is 0 Å². The van der Waals surface area contributed by atoms with E-state index in [9.17, 15) is 9.00 Å². The second-order valence-electron chi connectivity index (χ2n) is 6.26. The molecule has 2 N–H and O–H groups in total. The lowest BCUT2D eigenvalue weighted by atomic mass is 10.2. The number of benzene rings is 1. The Morgan fingerprint density at radius 3 is 2.64 bits per heavy atom. The number of hydrogen-bond acceptors (Lipinski definition) is 3. The maximum absolute atomic E-state index is 12.2. The zero-order valence-corrected chi connectivity index (χ0v) is 14.8. The van der Waals surface area contributed by atoms with Crippen LogP contribution in [0.1, 0.15) is 33.3 Å². The predicted molar refractivity (Wildman–Crippen MR) is 91.5 cm³/mol. The van der Waals surface area contributed by atoms with Crippen molar-refractivity contribution >= 4 is 22.5 Å². The molecule has 2 atom stereocenters. The summed E-state index contributed by atoms with van der Waals surface area (Å²) in [6, 6.07) is 7.08. The van der Waals surface area contributed by atoms with Crippen molar-refractivity contribution in [2.24, 2.45) is 0 Å². The molecule has 0 aromatic heterocycles. The first-order valence-corrected chi connectivity index (χ1v) is 8.58. The van der Waals surface area contributed by atoms with Crippen molar-refractivity contribution in [3.8, 4) is 0 Å². The quantitative estimate of drug-likeness (QED) is 0.844. The van der Waals surface area contributed by atoms with Gasteiger partial charge in [-0.15, -0.1) is 0 Å². The average Bonchev–Trinajstić information content (AvgIpc) is 2.37. The smallest absolute Gasteiger partial charge is 0.319 e. The maximum Gasteiger partial charge on any atom is 0.319 e. The predicted octanol–water partition coefficient (Wildman–Crippen LogP) is 2.89. The van der Waals surface area contributed by atoms with Gasteiger partial charge in [-0.1, -0.05) is 12.1 Å². The van der Waals surface area contributed by atoms with Crippen LogP contribution in [0.5, 0.6) is 0 Å². The molecule has 5 nitrogen and oxygen atoms in total. The minimum Gasteiger partial charge on any atom is -0.383 e. The van der Waals surface area contributed by atoms with E-state index in [1.54, 1.807) is 7.11 Å². The van der Waals surface area contributed by atoms with Crippen LogP contribution in [0.3, 0.4) is 0 Å². The summed E-state index contributed by atoms with van der Waals surface area (Å²) in [5.41, 5.74) is 1.63. The van der Waals surface area contributed by atoms with Gasteiger partial charge >= 0.3 is 6.03 Å². The summed E-state index contributed by atoms with van der Waals surface area (Å²) in [4.78, 5) is 11.9. The molecule has 1 aromatic rings. The van der Waals surface area contributed by atoms with Crippen LogP contribution >= 0.6 is 0 Å². The molecule has 0 saturated heterocycles. The van der Waals surface area contributed by atoms with Crippen molar-refractivity contribution in [2.45, 2.75) is 44.2 Å². The number of amides is 2. The van der Waals surface area contributed by atoms with Crippen molar-refractivity contribution in [1.29, 1.82) is 0 Å². The van der Waals surface area contributed by atoms with E-state index in [-0.39, 0.29) is 16.8 Å². The molecule has 0 radical (unpaired) electrons. The van der Waals surface area contributed by atoms with Crippen molar-refractivity contribution < 1.29 is 13.7 Å². The summed E-state index contributed by atoms with van der Waals surface area (Å²) in [5, 5.41) is 5.56. The van der Waals surface area contributed by atoms with Crippen molar-refractivity contribution in [2.75, 3.05) is 19.0 Å². The Kier molecular flexibility index (Phi) is 7.03.